The Morgan fingerprint density at radius 3 is 2.82 bits per heavy atom. The van der Waals surface area contributed by atoms with Crippen molar-refractivity contribution in [2.24, 2.45) is 0 Å². The maximum absolute atomic E-state index is 5.52. The summed E-state index contributed by atoms with van der Waals surface area (Å²) in [4.78, 5) is 3.96. The van der Waals surface area contributed by atoms with Crippen LogP contribution in [0, 0.1) is 0 Å². The molecule has 0 spiro atoms. The molecule has 11 heavy (non-hydrogen) atoms. The zero-order chi connectivity index (χ0) is 8.27. The van der Waals surface area contributed by atoms with Crippen molar-refractivity contribution in [1.82, 2.24) is 4.98 Å². The third-order valence-corrected chi connectivity index (χ3v) is 1.50. The fourth-order valence-electron chi connectivity index (χ4n) is 0.891. The summed E-state index contributed by atoms with van der Waals surface area (Å²) in [5.74, 6) is 1.10. The lowest BCUT2D eigenvalue weighted by atomic mass is 10.2. The van der Waals surface area contributed by atoms with Gasteiger partial charge >= 0.3 is 0 Å². The summed E-state index contributed by atoms with van der Waals surface area (Å²) in [6, 6.07) is 3.74. The number of hydrogen-bond donors (Lipinski definition) is 1. The van der Waals surface area contributed by atoms with Gasteiger partial charge in [-0.25, -0.2) is 0 Å². The summed E-state index contributed by atoms with van der Waals surface area (Å²) in [5, 5.41) is 0. The van der Waals surface area contributed by atoms with Crippen molar-refractivity contribution >= 4 is 5.82 Å². The number of rotatable bonds is 2. The minimum atomic E-state index is 0.515. The number of nitrogen functional groups attached to an aromatic ring is 1. The summed E-state index contributed by atoms with van der Waals surface area (Å²) in [7, 11) is 1.58. The maximum atomic E-state index is 5.52. The van der Waals surface area contributed by atoms with Gasteiger partial charge in [0.25, 0.3) is 0 Å². The van der Waals surface area contributed by atoms with Gasteiger partial charge in [0.2, 0.25) is 5.88 Å². The molecule has 0 radical (unpaired) electrons. The number of methoxy groups -OCH3 is 1. The molecule has 0 atom stereocenters. The molecule has 0 aromatic carbocycles. The molecule has 60 valence electrons. The predicted molar refractivity (Wildman–Crippen MR) is 44.6 cm³/mol. The first kappa shape index (κ1) is 7.85. The molecule has 0 fully saturated rings. The Morgan fingerprint density at radius 2 is 2.27 bits per heavy atom. The Bertz CT molecular complexity index is 226. The second-order valence-electron chi connectivity index (χ2n) is 2.30. The minimum absolute atomic E-state index is 0.515. The second kappa shape index (κ2) is 3.23. The van der Waals surface area contributed by atoms with E-state index in [1.54, 1.807) is 7.11 Å². The van der Waals surface area contributed by atoms with E-state index >= 15 is 0 Å². The van der Waals surface area contributed by atoms with Crippen LogP contribution in [0.25, 0.3) is 0 Å². The van der Waals surface area contributed by atoms with Gasteiger partial charge in [-0.1, -0.05) is 6.92 Å². The van der Waals surface area contributed by atoms with E-state index in [1.165, 1.54) is 0 Å². The zero-order valence-corrected chi connectivity index (χ0v) is 6.79. The highest BCUT2D eigenvalue weighted by Crippen LogP contribution is 2.13. The summed E-state index contributed by atoms with van der Waals surface area (Å²) in [5.41, 5.74) is 6.67. The number of ether oxygens (including phenoxy) is 1. The molecule has 0 saturated carbocycles. The van der Waals surface area contributed by atoms with Gasteiger partial charge < -0.3 is 10.5 Å². The highest BCUT2D eigenvalue weighted by molar-refractivity contribution is 5.37. The second-order valence-corrected chi connectivity index (χ2v) is 2.30. The molecule has 0 amide bonds. The monoisotopic (exact) mass is 152 g/mol. The lowest BCUT2D eigenvalue weighted by molar-refractivity contribution is 0.398. The Morgan fingerprint density at radius 1 is 1.55 bits per heavy atom. The molecule has 3 nitrogen and oxygen atoms in total. The highest BCUT2D eigenvalue weighted by Gasteiger charge is 1.97. The molecule has 0 aliphatic heterocycles. The summed E-state index contributed by atoms with van der Waals surface area (Å²) in [6.45, 7) is 2.06. The molecule has 0 unspecified atom stereocenters. The molecule has 2 N–H and O–H groups in total. The molecule has 1 aromatic rings. The lowest BCUT2D eigenvalue weighted by Gasteiger charge is -2.02. The number of pyridine rings is 1. The molecule has 3 heteroatoms. The van der Waals surface area contributed by atoms with Crippen molar-refractivity contribution < 1.29 is 4.74 Å². The fourth-order valence-corrected chi connectivity index (χ4v) is 0.891. The van der Waals surface area contributed by atoms with E-state index in [1.807, 2.05) is 12.1 Å². The number of nitrogens with zero attached hydrogens (tertiary/aromatic N) is 1. The average molecular weight is 152 g/mol. The van der Waals surface area contributed by atoms with E-state index in [9.17, 15) is 0 Å². The van der Waals surface area contributed by atoms with Gasteiger partial charge in [0.1, 0.15) is 5.82 Å². The first-order chi connectivity index (χ1) is 5.26. The SMILES string of the molecule is CCc1cc(N)nc(OC)c1. The van der Waals surface area contributed by atoms with Crippen LogP contribution in [-0.4, -0.2) is 12.1 Å². The molecule has 1 aromatic heterocycles. The van der Waals surface area contributed by atoms with E-state index in [0.717, 1.165) is 12.0 Å². The maximum Gasteiger partial charge on any atom is 0.215 e. The smallest absolute Gasteiger partial charge is 0.215 e. The third-order valence-electron chi connectivity index (χ3n) is 1.50. The van der Waals surface area contributed by atoms with Crippen molar-refractivity contribution in [3.05, 3.63) is 17.7 Å². The van der Waals surface area contributed by atoms with Crippen LogP contribution in [0.4, 0.5) is 5.82 Å². The van der Waals surface area contributed by atoms with E-state index < -0.39 is 0 Å². The van der Waals surface area contributed by atoms with Gasteiger partial charge in [0.15, 0.2) is 0 Å². The normalized spacial score (nSPS) is 9.64. The molecule has 0 aliphatic carbocycles. The first-order valence-electron chi connectivity index (χ1n) is 3.56. The molecular weight excluding hydrogens is 140 g/mol. The number of anilines is 1. The molecule has 1 rings (SSSR count). The van der Waals surface area contributed by atoms with Crippen LogP contribution >= 0.6 is 0 Å². The molecule has 0 saturated heterocycles. The Labute approximate surface area is 66.2 Å². The van der Waals surface area contributed by atoms with E-state index in [-0.39, 0.29) is 0 Å². The molecule has 0 aliphatic rings. The largest absolute Gasteiger partial charge is 0.481 e. The molecule has 0 bridgehead atoms. The summed E-state index contributed by atoms with van der Waals surface area (Å²) in [6.07, 6.45) is 0.947. The summed E-state index contributed by atoms with van der Waals surface area (Å²) >= 11 is 0. The minimum Gasteiger partial charge on any atom is -0.481 e. The lowest BCUT2D eigenvalue weighted by Crippen LogP contribution is -1.95. The van der Waals surface area contributed by atoms with E-state index in [4.69, 9.17) is 10.5 Å². The summed E-state index contributed by atoms with van der Waals surface area (Å²) < 4.78 is 4.95. The van der Waals surface area contributed by atoms with Gasteiger partial charge in [-0.3, -0.25) is 0 Å². The molecule has 1 heterocycles. The van der Waals surface area contributed by atoms with Crippen LogP contribution < -0.4 is 10.5 Å². The predicted octanol–water partition coefficient (Wildman–Crippen LogP) is 1.23. The van der Waals surface area contributed by atoms with Crippen molar-refractivity contribution in [2.45, 2.75) is 13.3 Å². The standard InChI is InChI=1S/C8H12N2O/c1-3-6-4-7(9)10-8(5-6)11-2/h4-5H,3H2,1-2H3,(H2,9,10). The Kier molecular flexibility index (Phi) is 2.31. The van der Waals surface area contributed by atoms with Crippen LogP contribution in [0.5, 0.6) is 5.88 Å². The van der Waals surface area contributed by atoms with Crippen LogP contribution in [0.1, 0.15) is 12.5 Å². The van der Waals surface area contributed by atoms with Gasteiger partial charge in [0.05, 0.1) is 7.11 Å². The van der Waals surface area contributed by atoms with Gasteiger partial charge in [-0.05, 0) is 18.1 Å². The van der Waals surface area contributed by atoms with Crippen molar-refractivity contribution in [1.29, 1.82) is 0 Å². The fraction of sp³-hybridized carbons (Fsp3) is 0.375. The number of aromatic nitrogens is 1. The van der Waals surface area contributed by atoms with Crippen molar-refractivity contribution in [3.63, 3.8) is 0 Å². The Hall–Kier alpha value is -1.25. The van der Waals surface area contributed by atoms with E-state index in [2.05, 4.69) is 11.9 Å². The first-order valence-corrected chi connectivity index (χ1v) is 3.56. The van der Waals surface area contributed by atoms with Crippen molar-refractivity contribution in [2.75, 3.05) is 12.8 Å². The van der Waals surface area contributed by atoms with Crippen LogP contribution in [0.3, 0.4) is 0 Å². The van der Waals surface area contributed by atoms with Gasteiger partial charge in [0, 0.05) is 6.07 Å². The quantitative estimate of drug-likeness (QED) is 0.693. The molecular formula is C8H12N2O. The highest BCUT2D eigenvalue weighted by atomic mass is 16.5. The average Bonchev–Trinajstić information content (AvgIpc) is 2.03. The van der Waals surface area contributed by atoms with Crippen LogP contribution in [0.2, 0.25) is 0 Å². The zero-order valence-electron chi connectivity index (χ0n) is 6.79. The van der Waals surface area contributed by atoms with Crippen LogP contribution in [0.15, 0.2) is 12.1 Å². The number of aryl methyl sites for hydroxylation is 1. The topological polar surface area (TPSA) is 48.1 Å². The number of hydrogen-bond acceptors (Lipinski definition) is 3. The van der Waals surface area contributed by atoms with Crippen LogP contribution in [-0.2, 0) is 6.42 Å². The Balaban J connectivity index is 3.02. The van der Waals surface area contributed by atoms with Crippen molar-refractivity contribution in [3.8, 4) is 5.88 Å². The van der Waals surface area contributed by atoms with Gasteiger partial charge in [-0.2, -0.15) is 4.98 Å². The van der Waals surface area contributed by atoms with Gasteiger partial charge in [-0.15, -0.1) is 0 Å². The third kappa shape index (κ3) is 1.83. The number of nitrogens with two attached hydrogens (primary N) is 1. The van der Waals surface area contributed by atoms with E-state index in [0.29, 0.717) is 11.7 Å².